The standard InChI is InChI=1S/C13H19N3O/c1-9-4-6-16-12(7-9)15-11(8-13(16)17)10-3-2-5-14-10/h8-10,14H,2-7H2,1H3. The van der Waals surface area contributed by atoms with Gasteiger partial charge in [-0.25, -0.2) is 4.98 Å². The van der Waals surface area contributed by atoms with Gasteiger partial charge < -0.3 is 5.32 Å². The Morgan fingerprint density at radius 2 is 2.35 bits per heavy atom. The van der Waals surface area contributed by atoms with E-state index in [0.717, 1.165) is 43.9 Å². The lowest BCUT2D eigenvalue weighted by molar-refractivity contribution is 0.390. The van der Waals surface area contributed by atoms with E-state index < -0.39 is 0 Å². The van der Waals surface area contributed by atoms with Gasteiger partial charge in [0.25, 0.3) is 5.56 Å². The molecule has 1 aromatic rings. The number of nitrogens with one attached hydrogen (secondary N) is 1. The van der Waals surface area contributed by atoms with Crippen molar-refractivity contribution in [3.05, 3.63) is 27.9 Å². The van der Waals surface area contributed by atoms with Crippen molar-refractivity contribution >= 4 is 0 Å². The van der Waals surface area contributed by atoms with E-state index in [1.807, 2.05) is 4.57 Å². The van der Waals surface area contributed by atoms with Gasteiger partial charge in [-0.05, 0) is 31.7 Å². The molecule has 2 aliphatic heterocycles. The smallest absolute Gasteiger partial charge is 0.253 e. The Morgan fingerprint density at radius 3 is 3.12 bits per heavy atom. The lowest BCUT2D eigenvalue weighted by Crippen LogP contribution is -2.32. The molecule has 17 heavy (non-hydrogen) atoms. The first kappa shape index (κ1) is 11.0. The Hall–Kier alpha value is -1.16. The van der Waals surface area contributed by atoms with Gasteiger partial charge in [-0.3, -0.25) is 9.36 Å². The minimum Gasteiger partial charge on any atom is -0.309 e. The molecule has 1 fully saturated rings. The predicted octanol–water partition coefficient (Wildman–Crippen LogP) is 1.25. The van der Waals surface area contributed by atoms with Crippen LogP contribution in [-0.4, -0.2) is 16.1 Å². The lowest BCUT2D eigenvalue weighted by atomic mass is 9.99. The molecular weight excluding hydrogens is 214 g/mol. The molecule has 4 nitrogen and oxygen atoms in total. The van der Waals surface area contributed by atoms with Crippen molar-refractivity contribution in [3.63, 3.8) is 0 Å². The summed E-state index contributed by atoms with van der Waals surface area (Å²) in [5.41, 5.74) is 1.08. The van der Waals surface area contributed by atoms with Crippen molar-refractivity contribution in [2.45, 2.75) is 45.2 Å². The molecule has 2 unspecified atom stereocenters. The van der Waals surface area contributed by atoms with Crippen LogP contribution in [0, 0.1) is 5.92 Å². The quantitative estimate of drug-likeness (QED) is 0.794. The molecule has 1 saturated heterocycles. The summed E-state index contributed by atoms with van der Waals surface area (Å²) in [5.74, 6) is 1.63. The Kier molecular flexibility index (Phi) is 2.74. The van der Waals surface area contributed by atoms with Crippen LogP contribution in [0.3, 0.4) is 0 Å². The van der Waals surface area contributed by atoms with Gasteiger partial charge in [-0.1, -0.05) is 6.92 Å². The summed E-state index contributed by atoms with van der Waals surface area (Å²) in [5, 5.41) is 3.41. The molecule has 3 rings (SSSR count). The van der Waals surface area contributed by atoms with Crippen LogP contribution in [0.2, 0.25) is 0 Å². The summed E-state index contributed by atoms with van der Waals surface area (Å²) < 4.78 is 1.85. The van der Waals surface area contributed by atoms with E-state index in [0.29, 0.717) is 12.0 Å². The zero-order valence-corrected chi connectivity index (χ0v) is 10.3. The molecule has 0 aromatic carbocycles. The Balaban J connectivity index is 1.99. The zero-order chi connectivity index (χ0) is 11.8. The van der Waals surface area contributed by atoms with Gasteiger partial charge in [0.1, 0.15) is 5.82 Å². The van der Waals surface area contributed by atoms with Crippen LogP contribution in [0.1, 0.15) is 43.7 Å². The summed E-state index contributed by atoms with van der Waals surface area (Å²) in [6.45, 7) is 4.11. The predicted molar refractivity (Wildman–Crippen MR) is 66.0 cm³/mol. The molecule has 4 heteroatoms. The van der Waals surface area contributed by atoms with Gasteiger partial charge in [-0.15, -0.1) is 0 Å². The molecule has 1 aromatic heterocycles. The van der Waals surface area contributed by atoms with Crippen LogP contribution in [-0.2, 0) is 13.0 Å². The monoisotopic (exact) mass is 233 g/mol. The van der Waals surface area contributed by atoms with Crippen molar-refractivity contribution in [1.82, 2.24) is 14.9 Å². The number of hydrogen-bond donors (Lipinski definition) is 1. The van der Waals surface area contributed by atoms with E-state index in [1.54, 1.807) is 6.07 Å². The third-order valence-electron chi connectivity index (χ3n) is 3.90. The molecule has 0 bridgehead atoms. The second-order valence-corrected chi connectivity index (χ2v) is 5.33. The summed E-state index contributed by atoms with van der Waals surface area (Å²) >= 11 is 0. The molecule has 0 aliphatic carbocycles. The first-order valence-corrected chi connectivity index (χ1v) is 6.58. The Morgan fingerprint density at radius 1 is 1.47 bits per heavy atom. The fraction of sp³-hybridized carbons (Fsp3) is 0.692. The van der Waals surface area contributed by atoms with Gasteiger partial charge in [0, 0.05) is 25.1 Å². The molecule has 0 spiro atoms. The zero-order valence-electron chi connectivity index (χ0n) is 10.3. The van der Waals surface area contributed by atoms with E-state index in [2.05, 4.69) is 12.2 Å². The number of nitrogens with zero attached hydrogens (tertiary/aromatic N) is 2. The second kappa shape index (κ2) is 4.26. The largest absolute Gasteiger partial charge is 0.309 e. The summed E-state index contributed by atoms with van der Waals surface area (Å²) in [7, 11) is 0. The fourth-order valence-electron chi connectivity index (χ4n) is 2.85. The SMILES string of the molecule is CC1CCn2c(nc(C3CCCN3)cc2=O)C1. The Bertz CT molecular complexity index is 474. The van der Waals surface area contributed by atoms with Gasteiger partial charge in [-0.2, -0.15) is 0 Å². The average Bonchev–Trinajstić information content (AvgIpc) is 2.81. The van der Waals surface area contributed by atoms with Crippen LogP contribution in [0.25, 0.3) is 0 Å². The molecule has 2 atom stereocenters. The third kappa shape index (κ3) is 2.02. The van der Waals surface area contributed by atoms with Crippen LogP contribution >= 0.6 is 0 Å². The molecule has 3 heterocycles. The fourth-order valence-corrected chi connectivity index (χ4v) is 2.85. The van der Waals surface area contributed by atoms with E-state index in [1.165, 1.54) is 6.42 Å². The van der Waals surface area contributed by atoms with Crippen molar-refractivity contribution in [2.75, 3.05) is 6.54 Å². The third-order valence-corrected chi connectivity index (χ3v) is 3.90. The number of aromatic nitrogens is 2. The van der Waals surface area contributed by atoms with Crippen LogP contribution in [0.5, 0.6) is 0 Å². The summed E-state index contributed by atoms with van der Waals surface area (Å²) in [6.07, 6.45) is 4.32. The highest BCUT2D eigenvalue weighted by Crippen LogP contribution is 2.22. The number of hydrogen-bond acceptors (Lipinski definition) is 3. The maximum absolute atomic E-state index is 12.0. The maximum atomic E-state index is 12.0. The van der Waals surface area contributed by atoms with Crippen LogP contribution < -0.4 is 10.9 Å². The molecule has 1 N–H and O–H groups in total. The highest BCUT2D eigenvalue weighted by atomic mass is 16.1. The topological polar surface area (TPSA) is 46.9 Å². The first-order chi connectivity index (χ1) is 8.24. The minimum atomic E-state index is 0.130. The normalized spacial score (nSPS) is 28.1. The van der Waals surface area contributed by atoms with E-state index in [9.17, 15) is 4.79 Å². The van der Waals surface area contributed by atoms with Crippen LogP contribution in [0.15, 0.2) is 10.9 Å². The van der Waals surface area contributed by atoms with E-state index >= 15 is 0 Å². The van der Waals surface area contributed by atoms with Crippen LogP contribution in [0.4, 0.5) is 0 Å². The minimum absolute atomic E-state index is 0.130. The summed E-state index contributed by atoms with van der Waals surface area (Å²) in [6, 6.07) is 2.02. The van der Waals surface area contributed by atoms with Gasteiger partial charge in [0.15, 0.2) is 0 Å². The van der Waals surface area contributed by atoms with Gasteiger partial charge in [0.2, 0.25) is 0 Å². The second-order valence-electron chi connectivity index (χ2n) is 5.33. The highest BCUT2D eigenvalue weighted by Gasteiger charge is 2.22. The van der Waals surface area contributed by atoms with Gasteiger partial charge >= 0.3 is 0 Å². The van der Waals surface area contributed by atoms with Gasteiger partial charge in [0.05, 0.1) is 5.69 Å². The maximum Gasteiger partial charge on any atom is 0.253 e. The molecule has 0 radical (unpaired) electrons. The molecular formula is C13H19N3O. The molecule has 2 aliphatic rings. The lowest BCUT2D eigenvalue weighted by Gasteiger charge is -2.23. The van der Waals surface area contributed by atoms with E-state index in [4.69, 9.17) is 4.98 Å². The molecule has 0 saturated carbocycles. The first-order valence-electron chi connectivity index (χ1n) is 6.58. The van der Waals surface area contributed by atoms with Crippen molar-refractivity contribution < 1.29 is 0 Å². The summed E-state index contributed by atoms with van der Waals surface area (Å²) in [4.78, 5) is 16.8. The average molecular weight is 233 g/mol. The van der Waals surface area contributed by atoms with Crippen molar-refractivity contribution in [2.24, 2.45) is 5.92 Å². The number of fused-ring (bicyclic) bond motifs is 1. The Labute approximate surface area is 101 Å². The molecule has 92 valence electrons. The van der Waals surface area contributed by atoms with Crippen molar-refractivity contribution in [1.29, 1.82) is 0 Å². The van der Waals surface area contributed by atoms with E-state index in [-0.39, 0.29) is 5.56 Å². The number of rotatable bonds is 1. The molecule has 0 amide bonds. The highest BCUT2D eigenvalue weighted by molar-refractivity contribution is 5.12. The van der Waals surface area contributed by atoms with Crippen molar-refractivity contribution in [3.8, 4) is 0 Å².